The van der Waals surface area contributed by atoms with Crippen LogP contribution in [0.15, 0.2) is 0 Å². The first-order valence-corrected chi connectivity index (χ1v) is 9.10. The first-order valence-electron chi connectivity index (χ1n) is 8.28. The van der Waals surface area contributed by atoms with Crippen molar-refractivity contribution >= 4 is 34.1 Å². The molecule has 0 aliphatic heterocycles. The lowest BCUT2D eigenvalue weighted by molar-refractivity contribution is -0.124. The predicted molar refractivity (Wildman–Crippen MR) is 93.3 cm³/mol. The first kappa shape index (κ1) is 18.4. The van der Waals surface area contributed by atoms with Crippen LogP contribution in [-0.4, -0.2) is 30.9 Å². The van der Waals surface area contributed by atoms with E-state index in [1.165, 1.54) is 11.3 Å². The molecule has 1 aliphatic rings. The summed E-state index contributed by atoms with van der Waals surface area (Å²) >= 11 is 1.36. The molecule has 2 amide bonds. The molecule has 0 bridgehead atoms. The maximum Gasteiger partial charge on any atom is 0.341 e. The highest BCUT2D eigenvalue weighted by molar-refractivity contribution is 7.16. The van der Waals surface area contributed by atoms with Gasteiger partial charge in [0.25, 0.3) is 5.91 Å². The maximum atomic E-state index is 12.4. The summed E-state index contributed by atoms with van der Waals surface area (Å²) in [6, 6.07) is 0. The fourth-order valence-electron chi connectivity index (χ4n) is 2.18. The van der Waals surface area contributed by atoms with E-state index in [2.05, 4.69) is 10.6 Å². The SMILES string of the molecule is CCCCNC(=O)COC(=O)c1c(NC(=O)C2CC2)sc(C)c1C. The smallest absolute Gasteiger partial charge is 0.341 e. The summed E-state index contributed by atoms with van der Waals surface area (Å²) in [5, 5.41) is 6.03. The van der Waals surface area contributed by atoms with Crippen molar-refractivity contribution in [3.05, 3.63) is 16.0 Å². The van der Waals surface area contributed by atoms with Gasteiger partial charge in [-0.05, 0) is 38.7 Å². The third kappa shape index (κ3) is 4.80. The van der Waals surface area contributed by atoms with E-state index in [0.29, 0.717) is 17.1 Å². The third-order valence-corrected chi connectivity index (χ3v) is 5.08. The van der Waals surface area contributed by atoms with Gasteiger partial charge in [-0.1, -0.05) is 13.3 Å². The number of nitrogens with one attached hydrogen (secondary N) is 2. The van der Waals surface area contributed by atoms with Crippen LogP contribution >= 0.6 is 11.3 Å². The summed E-state index contributed by atoms with van der Waals surface area (Å²) in [5.41, 5.74) is 1.13. The molecule has 2 rings (SSSR count). The van der Waals surface area contributed by atoms with E-state index in [1.54, 1.807) is 0 Å². The largest absolute Gasteiger partial charge is 0.452 e. The first-order chi connectivity index (χ1) is 11.4. The minimum atomic E-state index is -0.575. The number of ether oxygens (including phenoxy) is 1. The molecule has 24 heavy (non-hydrogen) atoms. The Bertz CT molecular complexity index is 635. The van der Waals surface area contributed by atoms with Gasteiger partial charge in [-0.3, -0.25) is 9.59 Å². The van der Waals surface area contributed by atoms with Crippen LogP contribution < -0.4 is 10.6 Å². The second kappa shape index (κ2) is 8.28. The number of carbonyl (C=O) groups excluding carboxylic acids is 3. The minimum Gasteiger partial charge on any atom is -0.452 e. The second-order valence-corrected chi connectivity index (χ2v) is 7.26. The average Bonchev–Trinajstić information content (AvgIpc) is 3.34. The molecule has 0 radical (unpaired) electrons. The zero-order valence-electron chi connectivity index (χ0n) is 14.4. The lowest BCUT2D eigenvalue weighted by Crippen LogP contribution is -2.29. The van der Waals surface area contributed by atoms with Gasteiger partial charge in [-0.2, -0.15) is 0 Å². The van der Waals surface area contributed by atoms with Crippen LogP contribution in [0.5, 0.6) is 0 Å². The van der Waals surface area contributed by atoms with Crippen molar-refractivity contribution < 1.29 is 19.1 Å². The van der Waals surface area contributed by atoms with Gasteiger partial charge in [-0.25, -0.2) is 4.79 Å². The van der Waals surface area contributed by atoms with Gasteiger partial charge in [0.15, 0.2) is 6.61 Å². The molecule has 0 unspecified atom stereocenters. The molecular formula is C17H24N2O4S. The van der Waals surface area contributed by atoms with Crippen molar-refractivity contribution in [1.82, 2.24) is 5.32 Å². The average molecular weight is 352 g/mol. The monoisotopic (exact) mass is 352 g/mol. The van der Waals surface area contributed by atoms with Crippen molar-refractivity contribution in [2.45, 2.75) is 46.5 Å². The molecule has 1 aromatic rings. The molecule has 0 aromatic carbocycles. The molecule has 1 aliphatic carbocycles. The molecule has 0 atom stereocenters. The lowest BCUT2D eigenvalue weighted by atomic mass is 10.1. The Morgan fingerprint density at radius 1 is 1.25 bits per heavy atom. The second-order valence-electron chi connectivity index (χ2n) is 6.03. The van der Waals surface area contributed by atoms with Gasteiger partial charge in [0.05, 0.1) is 5.56 Å². The van der Waals surface area contributed by atoms with Crippen molar-refractivity contribution in [2.24, 2.45) is 5.92 Å². The Morgan fingerprint density at radius 3 is 2.58 bits per heavy atom. The topological polar surface area (TPSA) is 84.5 Å². The van der Waals surface area contributed by atoms with Crippen LogP contribution in [0.25, 0.3) is 0 Å². The number of aryl methyl sites for hydroxylation is 1. The molecule has 2 N–H and O–H groups in total. The van der Waals surface area contributed by atoms with Gasteiger partial charge < -0.3 is 15.4 Å². The molecule has 6 nitrogen and oxygen atoms in total. The standard InChI is InChI=1S/C17H24N2O4S/c1-4-5-8-18-13(20)9-23-17(22)14-10(2)11(3)24-16(14)19-15(21)12-6-7-12/h12H,4-9H2,1-3H3,(H,18,20)(H,19,21). The number of hydrogen-bond acceptors (Lipinski definition) is 5. The number of carbonyl (C=O) groups is 3. The zero-order chi connectivity index (χ0) is 17.7. The number of unbranched alkanes of at least 4 members (excludes halogenated alkanes) is 1. The van der Waals surface area contributed by atoms with Crippen molar-refractivity contribution in [3.63, 3.8) is 0 Å². The van der Waals surface area contributed by atoms with Crippen molar-refractivity contribution in [2.75, 3.05) is 18.5 Å². The fraction of sp³-hybridized carbons (Fsp3) is 0.588. The number of thiophene rings is 1. The van der Waals surface area contributed by atoms with Gasteiger partial charge in [0.1, 0.15) is 5.00 Å². The highest BCUT2D eigenvalue weighted by atomic mass is 32.1. The molecule has 0 saturated heterocycles. The third-order valence-electron chi connectivity index (χ3n) is 3.96. The summed E-state index contributed by atoms with van der Waals surface area (Å²) in [7, 11) is 0. The molecule has 7 heteroatoms. The summed E-state index contributed by atoms with van der Waals surface area (Å²) in [6.07, 6.45) is 3.66. The number of hydrogen-bond donors (Lipinski definition) is 2. The Kier molecular flexibility index (Phi) is 6.36. The molecular weight excluding hydrogens is 328 g/mol. The van der Waals surface area contributed by atoms with E-state index >= 15 is 0 Å². The van der Waals surface area contributed by atoms with Crippen molar-refractivity contribution in [1.29, 1.82) is 0 Å². The van der Waals surface area contributed by atoms with Gasteiger partial charge in [0, 0.05) is 17.3 Å². The Labute approximate surface area is 146 Å². The normalized spacial score (nSPS) is 13.5. The summed E-state index contributed by atoms with van der Waals surface area (Å²) in [6.45, 7) is 6.00. The van der Waals surface area contributed by atoms with Crippen LogP contribution in [0.4, 0.5) is 5.00 Å². The van der Waals surface area contributed by atoms with E-state index in [1.807, 2.05) is 20.8 Å². The number of anilines is 1. The van der Waals surface area contributed by atoms with E-state index in [4.69, 9.17) is 4.74 Å². The van der Waals surface area contributed by atoms with Crippen LogP contribution in [0.2, 0.25) is 0 Å². The number of rotatable bonds is 8. The Morgan fingerprint density at radius 2 is 1.96 bits per heavy atom. The summed E-state index contributed by atoms with van der Waals surface area (Å²) in [4.78, 5) is 36.9. The molecule has 0 spiro atoms. The molecule has 1 aromatic heterocycles. The van der Waals surface area contributed by atoms with Crippen LogP contribution in [-0.2, 0) is 14.3 Å². The van der Waals surface area contributed by atoms with Gasteiger partial charge in [-0.15, -0.1) is 11.3 Å². The van der Waals surface area contributed by atoms with Gasteiger partial charge >= 0.3 is 5.97 Å². The zero-order valence-corrected chi connectivity index (χ0v) is 15.2. The molecule has 1 heterocycles. The van der Waals surface area contributed by atoms with Crippen LogP contribution in [0, 0.1) is 19.8 Å². The lowest BCUT2D eigenvalue weighted by Gasteiger charge is -2.08. The number of esters is 1. The summed E-state index contributed by atoms with van der Waals surface area (Å²) in [5.74, 6) is -0.887. The minimum absolute atomic E-state index is 0.0531. The highest BCUT2D eigenvalue weighted by Crippen LogP contribution is 2.36. The predicted octanol–water partition coefficient (Wildman–Crippen LogP) is 2.79. The van der Waals surface area contributed by atoms with E-state index < -0.39 is 5.97 Å². The quantitative estimate of drug-likeness (QED) is 0.556. The van der Waals surface area contributed by atoms with E-state index in [9.17, 15) is 14.4 Å². The van der Waals surface area contributed by atoms with E-state index in [0.717, 1.165) is 36.1 Å². The molecule has 132 valence electrons. The Balaban J connectivity index is 1.97. The maximum absolute atomic E-state index is 12.4. The van der Waals surface area contributed by atoms with Crippen LogP contribution in [0.3, 0.4) is 0 Å². The highest BCUT2D eigenvalue weighted by Gasteiger charge is 2.31. The van der Waals surface area contributed by atoms with Crippen LogP contribution in [0.1, 0.15) is 53.4 Å². The number of amides is 2. The van der Waals surface area contributed by atoms with E-state index in [-0.39, 0.29) is 24.3 Å². The molecule has 1 fully saturated rings. The Hall–Kier alpha value is -1.89. The van der Waals surface area contributed by atoms with Crippen molar-refractivity contribution in [3.8, 4) is 0 Å². The fourth-order valence-corrected chi connectivity index (χ4v) is 3.23. The summed E-state index contributed by atoms with van der Waals surface area (Å²) < 4.78 is 5.12. The molecule has 1 saturated carbocycles. The van der Waals surface area contributed by atoms with Gasteiger partial charge in [0.2, 0.25) is 5.91 Å².